The zero-order chi connectivity index (χ0) is 21.0. The highest BCUT2D eigenvalue weighted by molar-refractivity contribution is 5.35. The predicted octanol–water partition coefficient (Wildman–Crippen LogP) is 6.69. The molecule has 0 saturated heterocycles. The lowest BCUT2D eigenvalue weighted by Crippen LogP contribution is -2.19. The average molecular weight is 410 g/mol. The van der Waals surface area contributed by atoms with Gasteiger partial charge in [0.25, 0.3) is 0 Å². The molecule has 0 aromatic heterocycles. The number of rotatable bonds is 7. The molecule has 0 aliphatic heterocycles. The second kappa shape index (κ2) is 9.51. The monoisotopic (exact) mass is 410 g/mol. The van der Waals surface area contributed by atoms with Crippen LogP contribution in [0.3, 0.4) is 0 Å². The molecule has 2 unspecified atom stereocenters. The van der Waals surface area contributed by atoms with Crippen LogP contribution in [0.2, 0.25) is 0 Å². The first-order valence-corrected chi connectivity index (χ1v) is 9.93. The van der Waals surface area contributed by atoms with Gasteiger partial charge in [0.2, 0.25) is 11.6 Å². The number of hydrogen-bond donors (Lipinski definition) is 0. The van der Waals surface area contributed by atoms with Crippen molar-refractivity contribution < 1.29 is 27.0 Å². The van der Waals surface area contributed by atoms with Crippen LogP contribution in [0.15, 0.2) is 36.4 Å². The molecule has 2 atom stereocenters. The lowest BCUT2D eigenvalue weighted by molar-refractivity contribution is 0.106. The van der Waals surface area contributed by atoms with Crippen molar-refractivity contribution in [3.8, 4) is 11.5 Å². The molecule has 2 nitrogen and oxygen atoms in total. The minimum absolute atomic E-state index is 0.204. The zero-order valence-corrected chi connectivity index (χ0v) is 16.6. The topological polar surface area (TPSA) is 18.5 Å². The standard InChI is InChI=1S/C23H26F4O2/c1-14-3-5-15(6-4-14)16-7-9-17(10-8-16)21(25)18(24)13-29-20-12-11-19(28-2)22(26)23(20)27/h7-12,14-15,18,21H,3-6,13H2,1-2H3. The number of halogens is 4. The molecule has 1 saturated carbocycles. The molecule has 0 heterocycles. The fourth-order valence-corrected chi connectivity index (χ4v) is 3.79. The van der Waals surface area contributed by atoms with Gasteiger partial charge in [-0.3, -0.25) is 0 Å². The van der Waals surface area contributed by atoms with E-state index in [0.29, 0.717) is 5.92 Å². The maximum Gasteiger partial charge on any atom is 0.204 e. The van der Waals surface area contributed by atoms with E-state index in [1.54, 1.807) is 12.1 Å². The normalized spacial score (nSPS) is 21.4. The molecule has 0 bridgehead atoms. The molecular weight excluding hydrogens is 384 g/mol. The number of benzene rings is 2. The van der Waals surface area contributed by atoms with Crippen molar-refractivity contribution in [1.29, 1.82) is 0 Å². The Morgan fingerprint density at radius 3 is 2.10 bits per heavy atom. The molecule has 0 spiro atoms. The molecule has 158 valence electrons. The van der Waals surface area contributed by atoms with Crippen molar-refractivity contribution in [2.45, 2.75) is 50.9 Å². The van der Waals surface area contributed by atoms with Crippen molar-refractivity contribution in [3.63, 3.8) is 0 Å². The summed E-state index contributed by atoms with van der Waals surface area (Å²) in [6.45, 7) is 1.52. The van der Waals surface area contributed by atoms with Gasteiger partial charge < -0.3 is 9.47 Å². The van der Waals surface area contributed by atoms with E-state index in [0.717, 1.165) is 30.4 Å². The van der Waals surface area contributed by atoms with Crippen LogP contribution in [-0.2, 0) is 0 Å². The third-order valence-corrected chi connectivity index (χ3v) is 5.69. The third kappa shape index (κ3) is 5.03. The van der Waals surface area contributed by atoms with Gasteiger partial charge in [0, 0.05) is 0 Å². The molecule has 0 N–H and O–H groups in total. The van der Waals surface area contributed by atoms with Crippen molar-refractivity contribution in [3.05, 3.63) is 59.2 Å². The molecular formula is C23H26F4O2. The van der Waals surface area contributed by atoms with Gasteiger partial charge >= 0.3 is 0 Å². The van der Waals surface area contributed by atoms with Crippen LogP contribution in [0, 0.1) is 17.6 Å². The van der Waals surface area contributed by atoms with Crippen molar-refractivity contribution >= 4 is 0 Å². The van der Waals surface area contributed by atoms with E-state index in [4.69, 9.17) is 4.74 Å². The summed E-state index contributed by atoms with van der Waals surface area (Å²) >= 11 is 0. The second-order valence-electron chi connectivity index (χ2n) is 7.75. The molecule has 3 rings (SSSR count). The first-order chi connectivity index (χ1) is 13.9. The van der Waals surface area contributed by atoms with Gasteiger partial charge in [0.05, 0.1) is 7.11 Å². The average Bonchev–Trinajstić information content (AvgIpc) is 2.75. The summed E-state index contributed by atoms with van der Waals surface area (Å²) in [5, 5.41) is 0. The molecule has 2 aromatic rings. The summed E-state index contributed by atoms with van der Waals surface area (Å²) in [7, 11) is 1.20. The highest BCUT2D eigenvalue weighted by Crippen LogP contribution is 2.36. The Hall–Kier alpha value is -2.24. The number of hydrogen-bond acceptors (Lipinski definition) is 2. The highest BCUT2D eigenvalue weighted by atomic mass is 19.2. The Kier molecular flexibility index (Phi) is 7.04. The van der Waals surface area contributed by atoms with Gasteiger partial charge in [-0.1, -0.05) is 44.0 Å². The summed E-state index contributed by atoms with van der Waals surface area (Å²) in [5.41, 5.74) is 1.35. The molecule has 1 aliphatic carbocycles. The molecule has 0 radical (unpaired) electrons. The summed E-state index contributed by atoms with van der Waals surface area (Å²) in [6, 6.07) is 9.19. The summed E-state index contributed by atoms with van der Waals surface area (Å²) in [6.07, 6.45) is 0.670. The SMILES string of the molecule is COc1ccc(OCC(F)C(F)c2ccc(C3CCC(C)CC3)cc2)c(F)c1F. The Balaban J connectivity index is 1.59. The lowest BCUT2D eigenvalue weighted by atomic mass is 9.79. The summed E-state index contributed by atoms with van der Waals surface area (Å²) < 4.78 is 66.0. The number of ether oxygens (including phenoxy) is 2. The van der Waals surface area contributed by atoms with E-state index in [2.05, 4.69) is 11.7 Å². The first kappa shape index (κ1) is 21.5. The van der Waals surface area contributed by atoms with Gasteiger partial charge in [-0.15, -0.1) is 0 Å². The molecule has 1 aliphatic rings. The first-order valence-electron chi connectivity index (χ1n) is 9.93. The Morgan fingerprint density at radius 2 is 1.48 bits per heavy atom. The quantitative estimate of drug-likeness (QED) is 0.473. The van der Waals surface area contributed by atoms with E-state index in [-0.39, 0.29) is 11.3 Å². The van der Waals surface area contributed by atoms with E-state index in [1.807, 2.05) is 12.1 Å². The summed E-state index contributed by atoms with van der Waals surface area (Å²) in [4.78, 5) is 0. The minimum Gasteiger partial charge on any atom is -0.494 e. The van der Waals surface area contributed by atoms with Crippen molar-refractivity contribution in [1.82, 2.24) is 0 Å². The lowest BCUT2D eigenvalue weighted by Gasteiger charge is -2.26. The van der Waals surface area contributed by atoms with Crippen molar-refractivity contribution in [2.75, 3.05) is 13.7 Å². The predicted molar refractivity (Wildman–Crippen MR) is 104 cm³/mol. The largest absolute Gasteiger partial charge is 0.494 e. The fraction of sp³-hybridized carbons (Fsp3) is 0.478. The van der Waals surface area contributed by atoms with Gasteiger partial charge in [-0.2, -0.15) is 8.78 Å². The maximum atomic E-state index is 14.5. The number of alkyl halides is 2. The highest BCUT2D eigenvalue weighted by Gasteiger charge is 2.25. The smallest absolute Gasteiger partial charge is 0.204 e. The van der Waals surface area contributed by atoms with E-state index >= 15 is 0 Å². The zero-order valence-electron chi connectivity index (χ0n) is 16.6. The second-order valence-corrected chi connectivity index (χ2v) is 7.75. The number of methoxy groups -OCH3 is 1. The Bertz CT molecular complexity index is 801. The van der Waals surface area contributed by atoms with Crippen LogP contribution in [0.1, 0.15) is 55.8 Å². The van der Waals surface area contributed by atoms with E-state index in [1.165, 1.54) is 26.0 Å². The van der Waals surface area contributed by atoms with E-state index < -0.39 is 36.3 Å². The van der Waals surface area contributed by atoms with Gasteiger partial charge in [0.15, 0.2) is 23.8 Å². The van der Waals surface area contributed by atoms with E-state index in [9.17, 15) is 17.6 Å². The molecule has 6 heteroatoms. The Labute approximate surface area is 168 Å². The van der Waals surface area contributed by atoms with Gasteiger partial charge in [0.1, 0.15) is 6.61 Å². The van der Waals surface area contributed by atoms with Crippen LogP contribution in [0.5, 0.6) is 11.5 Å². The fourth-order valence-electron chi connectivity index (χ4n) is 3.79. The van der Waals surface area contributed by atoms with Crippen molar-refractivity contribution in [2.24, 2.45) is 5.92 Å². The molecule has 29 heavy (non-hydrogen) atoms. The minimum atomic E-state index is -2.01. The molecule has 0 amide bonds. The summed E-state index contributed by atoms with van der Waals surface area (Å²) in [5.74, 6) is -2.08. The van der Waals surface area contributed by atoms with Gasteiger partial charge in [-0.05, 0) is 47.9 Å². The van der Waals surface area contributed by atoms with Gasteiger partial charge in [-0.25, -0.2) is 8.78 Å². The molecule has 2 aromatic carbocycles. The van der Waals surface area contributed by atoms with Crippen LogP contribution in [0.25, 0.3) is 0 Å². The molecule has 1 fully saturated rings. The van der Waals surface area contributed by atoms with Crippen LogP contribution >= 0.6 is 0 Å². The van der Waals surface area contributed by atoms with Crippen LogP contribution in [-0.4, -0.2) is 19.9 Å². The maximum absolute atomic E-state index is 14.5. The van der Waals surface area contributed by atoms with Crippen LogP contribution < -0.4 is 9.47 Å². The van der Waals surface area contributed by atoms with Crippen LogP contribution in [0.4, 0.5) is 17.6 Å². The third-order valence-electron chi connectivity index (χ3n) is 5.69. The Morgan fingerprint density at radius 1 is 0.897 bits per heavy atom.